The number of likely N-dealkylation sites (N-methyl/N-ethyl adjacent to an activating group) is 1. The molecule has 0 aliphatic heterocycles. The summed E-state index contributed by atoms with van der Waals surface area (Å²) in [5.74, 6) is 0.410. The molecule has 1 fully saturated rings. The maximum Gasteiger partial charge on any atom is 0.243 e. The van der Waals surface area contributed by atoms with Gasteiger partial charge >= 0.3 is 0 Å². The minimum Gasteiger partial charge on any atom is -0.336 e. The number of nitrogens with one attached hydrogen (secondary N) is 1. The van der Waals surface area contributed by atoms with E-state index in [1.165, 1.54) is 4.90 Å². The van der Waals surface area contributed by atoms with Crippen LogP contribution >= 0.6 is 11.6 Å². The lowest BCUT2D eigenvalue weighted by atomic mass is 10.3. The third-order valence-corrected chi connectivity index (χ3v) is 3.56. The van der Waals surface area contributed by atoms with Gasteiger partial charge in [0.15, 0.2) is 0 Å². The quantitative estimate of drug-likeness (QED) is 0.921. The van der Waals surface area contributed by atoms with E-state index < -0.39 is 0 Å². The van der Waals surface area contributed by atoms with Gasteiger partial charge in [-0.1, -0.05) is 18.5 Å². The van der Waals surface area contributed by atoms with Gasteiger partial charge in [0, 0.05) is 23.7 Å². The summed E-state index contributed by atoms with van der Waals surface area (Å²) in [6.07, 6.45) is 0.933. The summed E-state index contributed by atoms with van der Waals surface area (Å²) in [7, 11) is 1.66. The Morgan fingerprint density at radius 1 is 1.37 bits per heavy atom. The third-order valence-electron chi connectivity index (χ3n) is 3.31. The zero-order valence-corrected chi connectivity index (χ0v) is 11.8. The molecule has 1 N–H and O–H groups in total. The molecule has 2 atom stereocenters. The van der Waals surface area contributed by atoms with E-state index in [2.05, 4.69) is 5.32 Å². The van der Waals surface area contributed by atoms with E-state index in [9.17, 15) is 9.59 Å². The Kier molecular flexibility index (Phi) is 4.10. The molecule has 0 aromatic heterocycles. The Balaban J connectivity index is 1.83. The van der Waals surface area contributed by atoms with Gasteiger partial charge in [0.1, 0.15) is 0 Å². The highest BCUT2D eigenvalue weighted by molar-refractivity contribution is 6.30. The molecule has 0 spiro atoms. The van der Waals surface area contributed by atoms with Crippen molar-refractivity contribution in [2.45, 2.75) is 13.3 Å². The number of carbonyl (C=O) groups is 2. The molecule has 1 aromatic carbocycles. The van der Waals surface area contributed by atoms with Crippen LogP contribution in [0.1, 0.15) is 13.3 Å². The minimum atomic E-state index is -0.202. The van der Waals surface area contributed by atoms with Gasteiger partial charge in [0.05, 0.1) is 6.54 Å². The van der Waals surface area contributed by atoms with Gasteiger partial charge in [-0.15, -0.1) is 0 Å². The maximum absolute atomic E-state index is 11.9. The van der Waals surface area contributed by atoms with Crippen LogP contribution in [0.3, 0.4) is 0 Å². The Bertz CT molecular complexity index is 487. The lowest BCUT2D eigenvalue weighted by molar-refractivity contribution is -0.134. The number of hydrogen-bond donors (Lipinski definition) is 1. The first kappa shape index (κ1) is 13.9. The summed E-state index contributed by atoms with van der Waals surface area (Å²) in [6.45, 7) is 2.12. The Labute approximate surface area is 117 Å². The number of anilines is 1. The monoisotopic (exact) mass is 280 g/mol. The first-order valence-corrected chi connectivity index (χ1v) is 6.65. The summed E-state index contributed by atoms with van der Waals surface area (Å²) in [5.41, 5.74) is 0.676. The van der Waals surface area contributed by atoms with E-state index >= 15 is 0 Å². The van der Waals surface area contributed by atoms with Crippen molar-refractivity contribution in [3.05, 3.63) is 29.3 Å². The molecular weight excluding hydrogens is 264 g/mol. The molecule has 1 aromatic rings. The van der Waals surface area contributed by atoms with Crippen molar-refractivity contribution in [3.8, 4) is 0 Å². The summed E-state index contributed by atoms with van der Waals surface area (Å²) < 4.78 is 0. The predicted molar refractivity (Wildman–Crippen MR) is 75.0 cm³/mol. The van der Waals surface area contributed by atoms with E-state index in [1.54, 1.807) is 31.3 Å². The fourth-order valence-corrected chi connectivity index (χ4v) is 2.10. The topological polar surface area (TPSA) is 49.4 Å². The highest BCUT2D eigenvalue weighted by atomic mass is 35.5. The maximum atomic E-state index is 11.9. The van der Waals surface area contributed by atoms with Gasteiger partial charge in [0.25, 0.3) is 0 Å². The standard InChI is InChI=1S/C14H17ClN2O2/c1-9-7-12(9)14(19)17(2)8-13(18)16-11-5-3-10(15)4-6-11/h3-6,9,12H,7-8H2,1-2H3,(H,16,18). The van der Waals surface area contributed by atoms with Gasteiger partial charge in [-0.05, 0) is 36.6 Å². The average molecular weight is 281 g/mol. The molecule has 1 aliphatic rings. The Morgan fingerprint density at radius 2 is 1.95 bits per heavy atom. The lowest BCUT2D eigenvalue weighted by Gasteiger charge is -2.16. The molecule has 102 valence electrons. The molecule has 0 saturated heterocycles. The van der Waals surface area contributed by atoms with Crippen LogP contribution < -0.4 is 5.32 Å². The van der Waals surface area contributed by atoms with Gasteiger partial charge in [-0.3, -0.25) is 9.59 Å². The summed E-state index contributed by atoms with van der Waals surface area (Å²) >= 11 is 5.76. The van der Waals surface area contributed by atoms with Crippen LogP contribution in [0.4, 0.5) is 5.69 Å². The van der Waals surface area contributed by atoms with Gasteiger partial charge in [-0.2, -0.15) is 0 Å². The Morgan fingerprint density at radius 3 is 2.47 bits per heavy atom. The molecular formula is C14H17ClN2O2. The molecule has 0 heterocycles. The lowest BCUT2D eigenvalue weighted by Crippen LogP contribution is -2.36. The van der Waals surface area contributed by atoms with Gasteiger partial charge in [-0.25, -0.2) is 0 Å². The zero-order valence-electron chi connectivity index (χ0n) is 11.0. The highest BCUT2D eigenvalue weighted by Crippen LogP contribution is 2.38. The largest absolute Gasteiger partial charge is 0.336 e. The Hall–Kier alpha value is -1.55. The van der Waals surface area contributed by atoms with Crippen LogP contribution in [0.5, 0.6) is 0 Å². The number of nitrogens with zero attached hydrogens (tertiary/aromatic N) is 1. The number of amides is 2. The second-order valence-corrected chi connectivity index (χ2v) is 5.51. The van der Waals surface area contributed by atoms with E-state index in [1.807, 2.05) is 6.92 Å². The average Bonchev–Trinajstić information content (AvgIpc) is 3.08. The van der Waals surface area contributed by atoms with Crippen LogP contribution in [0.2, 0.25) is 5.02 Å². The molecule has 2 rings (SSSR count). The minimum absolute atomic E-state index is 0.0544. The van der Waals surface area contributed by atoms with Crippen molar-refractivity contribution in [3.63, 3.8) is 0 Å². The van der Waals surface area contributed by atoms with Crippen LogP contribution in [-0.2, 0) is 9.59 Å². The zero-order chi connectivity index (χ0) is 14.0. The van der Waals surface area contributed by atoms with Crippen LogP contribution in [-0.4, -0.2) is 30.3 Å². The molecule has 2 unspecified atom stereocenters. The molecule has 0 radical (unpaired) electrons. The molecule has 5 heteroatoms. The van der Waals surface area contributed by atoms with Crippen molar-refractivity contribution in [1.82, 2.24) is 4.90 Å². The summed E-state index contributed by atoms with van der Waals surface area (Å²) in [5, 5.41) is 3.35. The van der Waals surface area contributed by atoms with Gasteiger partial charge < -0.3 is 10.2 Å². The number of benzene rings is 1. The fraction of sp³-hybridized carbons (Fsp3) is 0.429. The number of hydrogen-bond acceptors (Lipinski definition) is 2. The van der Waals surface area contributed by atoms with Gasteiger partial charge in [0.2, 0.25) is 11.8 Å². The predicted octanol–water partition coefficient (Wildman–Crippen LogP) is 2.39. The normalized spacial score (nSPS) is 20.8. The highest BCUT2D eigenvalue weighted by Gasteiger charge is 2.40. The molecule has 1 saturated carbocycles. The van der Waals surface area contributed by atoms with E-state index in [4.69, 9.17) is 11.6 Å². The van der Waals surface area contributed by atoms with Crippen molar-refractivity contribution in [2.24, 2.45) is 11.8 Å². The molecule has 1 aliphatic carbocycles. The first-order valence-electron chi connectivity index (χ1n) is 6.28. The smallest absolute Gasteiger partial charge is 0.243 e. The molecule has 4 nitrogen and oxygen atoms in total. The second-order valence-electron chi connectivity index (χ2n) is 5.07. The van der Waals surface area contributed by atoms with Crippen molar-refractivity contribution < 1.29 is 9.59 Å². The van der Waals surface area contributed by atoms with Crippen LogP contribution in [0.15, 0.2) is 24.3 Å². The number of rotatable bonds is 4. The van der Waals surface area contributed by atoms with Crippen molar-refractivity contribution in [1.29, 1.82) is 0 Å². The first-order chi connectivity index (χ1) is 8.97. The van der Waals surface area contributed by atoms with Crippen LogP contribution in [0.25, 0.3) is 0 Å². The number of carbonyl (C=O) groups excluding carboxylic acids is 2. The van der Waals surface area contributed by atoms with E-state index in [0.717, 1.165) is 6.42 Å². The third kappa shape index (κ3) is 3.70. The molecule has 0 bridgehead atoms. The van der Waals surface area contributed by atoms with Crippen molar-refractivity contribution >= 4 is 29.1 Å². The number of halogens is 1. The fourth-order valence-electron chi connectivity index (χ4n) is 1.98. The SMILES string of the molecule is CC1CC1C(=O)N(C)CC(=O)Nc1ccc(Cl)cc1. The molecule has 19 heavy (non-hydrogen) atoms. The van der Waals surface area contributed by atoms with E-state index in [0.29, 0.717) is 16.6 Å². The van der Waals surface area contributed by atoms with Crippen molar-refractivity contribution in [2.75, 3.05) is 18.9 Å². The molecule has 2 amide bonds. The van der Waals surface area contributed by atoms with Crippen LogP contribution in [0, 0.1) is 11.8 Å². The summed E-state index contributed by atoms with van der Waals surface area (Å²) in [4.78, 5) is 25.2. The second kappa shape index (κ2) is 5.61. The van der Waals surface area contributed by atoms with E-state index in [-0.39, 0.29) is 24.3 Å². The summed E-state index contributed by atoms with van der Waals surface area (Å²) in [6, 6.07) is 6.87.